The number of carbonyl (C=O) groups is 2. The Kier molecular flexibility index (Phi) is 7.43. The molecule has 1 heterocycles. The van der Waals surface area contributed by atoms with E-state index in [-0.39, 0.29) is 11.6 Å². The molecule has 3 aromatic rings. The molecule has 4 nitrogen and oxygen atoms in total. The summed E-state index contributed by atoms with van der Waals surface area (Å²) < 4.78 is 0. The number of imide groups is 1. The Morgan fingerprint density at radius 3 is 2.27 bits per heavy atom. The van der Waals surface area contributed by atoms with Crippen molar-refractivity contribution in [3.8, 4) is 0 Å². The second-order valence-corrected chi connectivity index (χ2v) is 9.57. The van der Waals surface area contributed by atoms with Crippen LogP contribution in [0.5, 0.6) is 0 Å². The van der Waals surface area contributed by atoms with Crippen molar-refractivity contribution in [1.29, 1.82) is 0 Å². The summed E-state index contributed by atoms with van der Waals surface area (Å²) in [7, 11) is 0. The molecule has 1 N–H and O–H groups in total. The predicted octanol–water partition coefficient (Wildman–Crippen LogP) is 7.33. The number of halogens is 2. The van der Waals surface area contributed by atoms with Crippen LogP contribution >= 0.6 is 35.0 Å². The molecule has 7 heteroatoms. The number of hydrogen-bond acceptors (Lipinski definition) is 4. The molecule has 168 valence electrons. The number of benzene rings is 3. The van der Waals surface area contributed by atoms with Gasteiger partial charge in [-0.25, -0.2) is 4.90 Å². The van der Waals surface area contributed by atoms with Crippen LogP contribution in [0.3, 0.4) is 0 Å². The van der Waals surface area contributed by atoms with Gasteiger partial charge in [-0.3, -0.25) is 9.59 Å². The molecule has 1 aliphatic heterocycles. The first-order valence-corrected chi connectivity index (χ1v) is 12.2. The summed E-state index contributed by atoms with van der Waals surface area (Å²) in [6, 6.07) is 21.8. The maximum atomic E-state index is 13.4. The van der Waals surface area contributed by atoms with Gasteiger partial charge in [0, 0.05) is 20.6 Å². The molecule has 4 rings (SSSR count). The van der Waals surface area contributed by atoms with Crippen molar-refractivity contribution in [3.05, 3.63) is 99.0 Å². The molecule has 0 fully saturated rings. The fourth-order valence-electron chi connectivity index (χ4n) is 3.47. The smallest absolute Gasteiger partial charge is 0.283 e. The molecule has 0 radical (unpaired) electrons. The Morgan fingerprint density at radius 2 is 1.61 bits per heavy atom. The van der Waals surface area contributed by atoms with E-state index in [4.69, 9.17) is 23.2 Å². The van der Waals surface area contributed by atoms with E-state index in [0.717, 1.165) is 24.2 Å². The minimum atomic E-state index is -0.405. The van der Waals surface area contributed by atoms with Crippen LogP contribution in [0.1, 0.15) is 25.3 Å². The van der Waals surface area contributed by atoms with Gasteiger partial charge in [-0.2, -0.15) is 0 Å². The van der Waals surface area contributed by atoms with Gasteiger partial charge in [0.05, 0.1) is 5.69 Å². The van der Waals surface area contributed by atoms with Gasteiger partial charge in [-0.1, -0.05) is 66.5 Å². The molecule has 0 bridgehead atoms. The number of thioether (sulfide) groups is 1. The number of unbranched alkanes of at least 4 members (excludes halogenated alkanes) is 1. The Morgan fingerprint density at radius 1 is 0.879 bits per heavy atom. The Balaban J connectivity index is 1.67. The molecule has 0 saturated carbocycles. The fraction of sp³-hybridized carbons (Fsp3) is 0.154. The lowest BCUT2D eigenvalue weighted by Crippen LogP contribution is -2.32. The number of carbonyl (C=O) groups excluding carboxylic acids is 2. The molecule has 3 aromatic carbocycles. The standard InChI is InChI=1S/C26H22Cl2N2O2S/c1-2-3-5-17-8-12-21(13-9-17)30-25(31)23(29-20-7-4-6-19(28)16-20)24(26(30)32)33-22-14-10-18(27)11-15-22/h4,6-16,29H,2-3,5H2,1H3. The van der Waals surface area contributed by atoms with Gasteiger partial charge in [-0.05, 0) is 73.0 Å². The van der Waals surface area contributed by atoms with E-state index >= 15 is 0 Å². The largest absolute Gasteiger partial charge is 0.350 e. The van der Waals surface area contributed by atoms with E-state index in [1.54, 1.807) is 36.4 Å². The maximum Gasteiger partial charge on any atom is 0.283 e. The SMILES string of the molecule is CCCCc1ccc(N2C(=O)C(Nc3cccc(Cl)c3)=C(Sc3ccc(Cl)cc3)C2=O)cc1. The van der Waals surface area contributed by atoms with Crippen LogP contribution in [0.25, 0.3) is 0 Å². The third kappa shape index (κ3) is 5.44. The van der Waals surface area contributed by atoms with Crippen molar-refractivity contribution < 1.29 is 9.59 Å². The molecule has 0 aliphatic carbocycles. The van der Waals surface area contributed by atoms with Gasteiger partial charge in [0.25, 0.3) is 11.8 Å². The van der Waals surface area contributed by atoms with Crippen molar-refractivity contribution in [2.75, 3.05) is 10.2 Å². The fourth-order valence-corrected chi connectivity index (χ4v) is 4.72. The van der Waals surface area contributed by atoms with E-state index in [1.165, 1.54) is 22.2 Å². The number of hydrogen-bond donors (Lipinski definition) is 1. The lowest BCUT2D eigenvalue weighted by Gasteiger charge is -2.16. The minimum absolute atomic E-state index is 0.220. The van der Waals surface area contributed by atoms with Gasteiger partial charge < -0.3 is 5.32 Å². The summed E-state index contributed by atoms with van der Waals surface area (Å²) in [4.78, 5) is 29.2. The summed E-state index contributed by atoms with van der Waals surface area (Å²) in [5.41, 5.74) is 2.57. The van der Waals surface area contributed by atoms with Crippen LogP contribution in [-0.4, -0.2) is 11.8 Å². The molecule has 1 aliphatic rings. The Hall–Kier alpha value is -2.73. The first-order valence-electron chi connectivity index (χ1n) is 10.6. The number of amides is 2. The quantitative estimate of drug-likeness (QED) is 0.331. The van der Waals surface area contributed by atoms with Crippen molar-refractivity contribution in [1.82, 2.24) is 0 Å². The number of nitrogens with one attached hydrogen (secondary N) is 1. The first-order chi connectivity index (χ1) is 16.0. The van der Waals surface area contributed by atoms with Crippen molar-refractivity contribution in [2.24, 2.45) is 0 Å². The van der Waals surface area contributed by atoms with Crippen LogP contribution < -0.4 is 10.2 Å². The van der Waals surface area contributed by atoms with E-state index in [9.17, 15) is 9.59 Å². The zero-order valence-electron chi connectivity index (χ0n) is 18.0. The highest BCUT2D eigenvalue weighted by atomic mass is 35.5. The van der Waals surface area contributed by atoms with Gasteiger partial charge >= 0.3 is 0 Å². The minimum Gasteiger partial charge on any atom is -0.350 e. The topological polar surface area (TPSA) is 49.4 Å². The third-order valence-corrected chi connectivity index (χ3v) is 6.76. The van der Waals surface area contributed by atoms with Gasteiger partial charge in [0.1, 0.15) is 10.6 Å². The molecule has 0 aromatic heterocycles. The Bertz CT molecular complexity index is 1210. The second-order valence-electron chi connectivity index (χ2n) is 7.61. The summed E-state index contributed by atoms with van der Waals surface area (Å²) in [6.07, 6.45) is 3.17. The molecule has 2 amide bonds. The van der Waals surface area contributed by atoms with Crippen LogP contribution in [0.4, 0.5) is 11.4 Å². The summed E-state index contributed by atoms with van der Waals surface area (Å²) in [5.74, 6) is -0.775. The summed E-state index contributed by atoms with van der Waals surface area (Å²) >= 11 is 13.3. The zero-order chi connectivity index (χ0) is 23.4. The second kappa shape index (κ2) is 10.5. The van der Waals surface area contributed by atoms with Crippen LogP contribution in [0, 0.1) is 0 Å². The summed E-state index contributed by atoms with van der Waals surface area (Å²) in [6.45, 7) is 2.15. The lowest BCUT2D eigenvalue weighted by molar-refractivity contribution is -0.120. The van der Waals surface area contributed by atoms with Crippen molar-refractivity contribution >= 4 is 58.2 Å². The maximum absolute atomic E-state index is 13.4. The first kappa shape index (κ1) is 23.4. The normalized spacial score (nSPS) is 13.7. The van der Waals surface area contributed by atoms with E-state index < -0.39 is 5.91 Å². The van der Waals surface area contributed by atoms with Crippen LogP contribution in [-0.2, 0) is 16.0 Å². The van der Waals surface area contributed by atoms with Crippen LogP contribution in [0.2, 0.25) is 10.0 Å². The zero-order valence-corrected chi connectivity index (χ0v) is 20.3. The molecule has 0 spiro atoms. The van der Waals surface area contributed by atoms with E-state index in [0.29, 0.717) is 26.3 Å². The van der Waals surface area contributed by atoms with Crippen molar-refractivity contribution in [2.45, 2.75) is 31.1 Å². The van der Waals surface area contributed by atoms with E-state index in [1.807, 2.05) is 36.4 Å². The van der Waals surface area contributed by atoms with E-state index in [2.05, 4.69) is 12.2 Å². The number of rotatable bonds is 8. The van der Waals surface area contributed by atoms with Gasteiger partial charge in [0.2, 0.25) is 0 Å². The van der Waals surface area contributed by atoms with Crippen molar-refractivity contribution in [3.63, 3.8) is 0 Å². The predicted molar refractivity (Wildman–Crippen MR) is 137 cm³/mol. The Labute approximate surface area is 207 Å². The monoisotopic (exact) mass is 496 g/mol. The summed E-state index contributed by atoms with van der Waals surface area (Å²) in [5, 5.41) is 4.25. The molecule has 0 saturated heterocycles. The molecule has 0 unspecified atom stereocenters. The lowest BCUT2D eigenvalue weighted by atomic mass is 10.1. The van der Waals surface area contributed by atoms with Gasteiger partial charge in [-0.15, -0.1) is 0 Å². The van der Waals surface area contributed by atoms with Crippen LogP contribution in [0.15, 0.2) is 88.3 Å². The molecule has 0 atom stereocenters. The average Bonchev–Trinajstić information content (AvgIpc) is 3.03. The third-order valence-electron chi connectivity index (χ3n) is 5.18. The molecular formula is C26H22Cl2N2O2S. The highest BCUT2D eigenvalue weighted by Gasteiger charge is 2.40. The molecular weight excluding hydrogens is 475 g/mol. The number of nitrogens with zero attached hydrogens (tertiary/aromatic N) is 1. The highest BCUT2D eigenvalue weighted by Crippen LogP contribution is 2.38. The number of anilines is 2. The highest BCUT2D eigenvalue weighted by molar-refractivity contribution is 8.04. The molecule has 33 heavy (non-hydrogen) atoms. The number of aryl methyl sites for hydroxylation is 1. The average molecular weight is 497 g/mol. The van der Waals surface area contributed by atoms with Gasteiger partial charge in [0.15, 0.2) is 0 Å².